The summed E-state index contributed by atoms with van der Waals surface area (Å²) in [6.07, 6.45) is 0. The minimum Gasteiger partial charge on any atom is -0.278 e. The van der Waals surface area contributed by atoms with Crippen LogP contribution in [-0.4, -0.2) is 19.5 Å². The summed E-state index contributed by atoms with van der Waals surface area (Å²) in [6.45, 7) is 0. The normalized spacial score (nSPS) is 11.8. The van der Waals surface area contributed by atoms with Crippen LogP contribution in [0.25, 0.3) is 81.5 Å². The first kappa shape index (κ1) is 23.3. The Hall–Kier alpha value is -5.39. The van der Waals surface area contributed by atoms with Gasteiger partial charge in [-0.2, -0.15) is 9.97 Å². The summed E-state index contributed by atoms with van der Waals surface area (Å²) in [5.74, 6) is 1.91. The largest absolute Gasteiger partial charge is 0.278 e. The van der Waals surface area contributed by atoms with Gasteiger partial charge in [0.15, 0.2) is 11.6 Å². The number of rotatable bonds is 3. The predicted octanol–water partition coefficient (Wildman–Crippen LogP) is 9.82. The summed E-state index contributed by atoms with van der Waals surface area (Å²) >= 11 is 1.81. The van der Waals surface area contributed by atoms with E-state index in [9.17, 15) is 0 Å². The highest BCUT2D eigenvalue weighted by Crippen LogP contribution is 2.37. The van der Waals surface area contributed by atoms with Gasteiger partial charge in [-0.3, -0.25) is 4.57 Å². The van der Waals surface area contributed by atoms with E-state index in [4.69, 9.17) is 15.0 Å². The Morgan fingerprint density at radius 2 is 1.10 bits per heavy atom. The van der Waals surface area contributed by atoms with E-state index in [-0.39, 0.29) is 0 Å². The van der Waals surface area contributed by atoms with Gasteiger partial charge in [-0.15, -0.1) is 11.3 Å². The third kappa shape index (κ3) is 3.57. The zero-order chi connectivity index (χ0) is 27.6. The molecule has 0 unspecified atom stereocenters. The quantitative estimate of drug-likeness (QED) is 0.218. The van der Waals surface area contributed by atoms with Gasteiger partial charge in [0.05, 0.1) is 11.0 Å². The molecule has 0 spiro atoms. The highest BCUT2D eigenvalue weighted by atomic mass is 32.1. The fourth-order valence-electron chi connectivity index (χ4n) is 6.05. The summed E-state index contributed by atoms with van der Waals surface area (Å²) in [6, 6.07) is 46.8. The van der Waals surface area contributed by atoms with Gasteiger partial charge in [0, 0.05) is 42.1 Å². The number of fused-ring (bicyclic) bond motifs is 7. The average molecular weight is 555 g/mol. The third-order valence-corrected chi connectivity index (χ3v) is 9.18. The van der Waals surface area contributed by atoms with E-state index in [0.29, 0.717) is 17.6 Å². The molecule has 9 rings (SSSR count). The molecule has 0 N–H and O–H groups in total. The Labute approximate surface area is 245 Å². The second kappa shape index (κ2) is 9.06. The number of nitrogens with zero attached hydrogens (tertiary/aromatic N) is 4. The third-order valence-electron chi connectivity index (χ3n) is 8.03. The first-order chi connectivity index (χ1) is 20.8. The minimum absolute atomic E-state index is 0.607. The summed E-state index contributed by atoms with van der Waals surface area (Å²) in [7, 11) is 0. The Balaban J connectivity index is 1.35. The first-order valence-electron chi connectivity index (χ1n) is 14.0. The maximum atomic E-state index is 5.17. The average Bonchev–Trinajstić information content (AvgIpc) is 3.59. The van der Waals surface area contributed by atoms with Crippen LogP contribution in [0.4, 0.5) is 0 Å². The van der Waals surface area contributed by atoms with Crippen LogP contribution in [-0.2, 0) is 0 Å². The Morgan fingerprint density at radius 1 is 0.429 bits per heavy atom. The summed E-state index contributed by atoms with van der Waals surface area (Å²) in [4.78, 5) is 15.3. The van der Waals surface area contributed by atoms with Crippen molar-refractivity contribution in [2.45, 2.75) is 0 Å². The van der Waals surface area contributed by atoms with Crippen molar-refractivity contribution in [1.29, 1.82) is 0 Å². The van der Waals surface area contributed by atoms with Crippen LogP contribution in [0, 0.1) is 0 Å². The fourth-order valence-corrected chi connectivity index (χ4v) is 7.13. The zero-order valence-electron chi connectivity index (χ0n) is 22.4. The van der Waals surface area contributed by atoms with E-state index in [1.807, 2.05) is 29.5 Å². The molecule has 0 radical (unpaired) electrons. The maximum absolute atomic E-state index is 5.17. The lowest BCUT2D eigenvalue weighted by Crippen LogP contribution is -2.06. The first-order valence-corrected chi connectivity index (χ1v) is 14.8. The molecule has 0 saturated carbocycles. The number of para-hydroxylation sites is 1. The molecule has 6 aromatic carbocycles. The van der Waals surface area contributed by atoms with E-state index < -0.39 is 0 Å². The molecular weight excluding hydrogens is 533 g/mol. The number of thiophene rings is 1. The topological polar surface area (TPSA) is 43.6 Å². The molecule has 5 heteroatoms. The van der Waals surface area contributed by atoms with Crippen LogP contribution in [0.15, 0.2) is 133 Å². The molecule has 0 aliphatic rings. The molecule has 0 saturated heterocycles. The van der Waals surface area contributed by atoms with Crippen LogP contribution in [0.5, 0.6) is 0 Å². The molecule has 0 amide bonds. The van der Waals surface area contributed by atoms with Crippen molar-refractivity contribution in [2.75, 3.05) is 0 Å². The second-order valence-corrected chi connectivity index (χ2v) is 11.6. The zero-order valence-corrected chi connectivity index (χ0v) is 23.2. The highest BCUT2D eigenvalue weighted by Gasteiger charge is 2.18. The van der Waals surface area contributed by atoms with Gasteiger partial charge in [-0.1, -0.05) is 91.0 Å². The molecule has 0 fully saturated rings. The maximum Gasteiger partial charge on any atom is 0.238 e. The van der Waals surface area contributed by atoms with Crippen molar-refractivity contribution in [1.82, 2.24) is 19.5 Å². The van der Waals surface area contributed by atoms with Crippen LogP contribution < -0.4 is 0 Å². The molecule has 0 aliphatic carbocycles. The highest BCUT2D eigenvalue weighted by molar-refractivity contribution is 7.25. The Morgan fingerprint density at radius 3 is 1.95 bits per heavy atom. The van der Waals surface area contributed by atoms with Crippen LogP contribution in [0.2, 0.25) is 0 Å². The number of hydrogen-bond acceptors (Lipinski definition) is 4. The van der Waals surface area contributed by atoms with E-state index in [1.54, 1.807) is 0 Å². The standard InChI is InChI=1S/C37H22N4S/c1-2-10-23(11-3-1)35-38-36(26-18-19-34-30(21-26)28-15-7-9-17-33(28)42-34)40-37(39-35)41-31-16-8-6-14-27(31)29-20-24-12-4-5-13-25(24)22-32(29)41/h1-22H. The van der Waals surface area contributed by atoms with Crippen molar-refractivity contribution in [3.05, 3.63) is 133 Å². The summed E-state index contributed by atoms with van der Waals surface area (Å²) in [5, 5.41) is 7.23. The number of benzene rings is 6. The monoisotopic (exact) mass is 554 g/mol. The molecule has 42 heavy (non-hydrogen) atoms. The molecule has 0 aliphatic heterocycles. The van der Waals surface area contributed by atoms with Crippen molar-refractivity contribution in [2.24, 2.45) is 0 Å². The smallest absolute Gasteiger partial charge is 0.238 e. The van der Waals surface area contributed by atoms with Crippen LogP contribution in [0.1, 0.15) is 0 Å². The van der Waals surface area contributed by atoms with Gasteiger partial charge in [-0.25, -0.2) is 4.98 Å². The lowest BCUT2D eigenvalue weighted by Gasteiger charge is -2.11. The van der Waals surface area contributed by atoms with Gasteiger partial charge in [0.25, 0.3) is 0 Å². The molecule has 9 aromatic rings. The Bertz CT molecular complexity index is 2470. The molecule has 3 heterocycles. The number of hydrogen-bond donors (Lipinski definition) is 0. The lowest BCUT2D eigenvalue weighted by molar-refractivity contribution is 0.954. The van der Waals surface area contributed by atoms with Gasteiger partial charge in [0.1, 0.15) is 0 Å². The fraction of sp³-hybridized carbons (Fsp3) is 0. The molecule has 0 bridgehead atoms. The van der Waals surface area contributed by atoms with Crippen molar-refractivity contribution in [3.8, 4) is 28.7 Å². The minimum atomic E-state index is 0.607. The van der Waals surface area contributed by atoms with E-state index in [0.717, 1.165) is 22.2 Å². The number of aromatic nitrogens is 4. The summed E-state index contributed by atoms with van der Waals surface area (Å²) < 4.78 is 4.73. The lowest BCUT2D eigenvalue weighted by atomic mass is 10.1. The Kier molecular flexibility index (Phi) is 5.03. The predicted molar refractivity (Wildman–Crippen MR) is 175 cm³/mol. The van der Waals surface area contributed by atoms with Gasteiger partial charge < -0.3 is 0 Å². The van der Waals surface area contributed by atoms with Gasteiger partial charge in [-0.05, 0) is 53.2 Å². The molecule has 3 aromatic heterocycles. The molecule has 4 nitrogen and oxygen atoms in total. The molecule has 196 valence electrons. The molecule has 0 atom stereocenters. The summed E-state index contributed by atoms with van der Waals surface area (Å²) in [5.41, 5.74) is 4.07. The van der Waals surface area contributed by atoms with E-state index in [1.165, 1.54) is 41.7 Å². The van der Waals surface area contributed by atoms with Gasteiger partial charge in [0.2, 0.25) is 5.95 Å². The van der Waals surface area contributed by atoms with Crippen LogP contribution in [0.3, 0.4) is 0 Å². The van der Waals surface area contributed by atoms with Crippen LogP contribution >= 0.6 is 11.3 Å². The van der Waals surface area contributed by atoms with Gasteiger partial charge >= 0.3 is 0 Å². The van der Waals surface area contributed by atoms with E-state index in [2.05, 4.69) is 120 Å². The molecular formula is C37H22N4S. The van der Waals surface area contributed by atoms with E-state index >= 15 is 0 Å². The SMILES string of the molecule is c1ccc(-c2nc(-c3ccc4sc5ccccc5c4c3)nc(-n3c4ccccc4c4cc5ccccc5cc43)n2)cc1. The van der Waals surface area contributed by atoms with Crippen molar-refractivity contribution < 1.29 is 0 Å². The van der Waals surface area contributed by atoms with Crippen molar-refractivity contribution in [3.63, 3.8) is 0 Å². The second-order valence-electron chi connectivity index (χ2n) is 10.5. The van der Waals surface area contributed by atoms with Crippen molar-refractivity contribution >= 4 is 64.1 Å².